The molecule has 1 atom stereocenters. The van der Waals surface area contributed by atoms with Gasteiger partial charge in [-0.25, -0.2) is 0 Å². The molecule has 1 unspecified atom stereocenters. The molecule has 0 aromatic heterocycles. The number of rotatable bonds is 5. The van der Waals surface area contributed by atoms with Crippen LogP contribution in [0.15, 0.2) is 12.1 Å². The molecule has 1 aromatic carbocycles. The summed E-state index contributed by atoms with van der Waals surface area (Å²) in [5.41, 5.74) is 9.35. The molecular formula is C13H22N2O. The Morgan fingerprint density at radius 2 is 1.94 bits per heavy atom. The van der Waals surface area contributed by atoms with Crippen LogP contribution in [0.5, 0.6) is 5.75 Å². The molecule has 0 fully saturated rings. The van der Waals surface area contributed by atoms with E-state index in [0.717, 1.165) is 12.2 Å². The smallest absolute Gasteiger partial charge is 0.123 e. The summed E-state index contributed by atoms with van der Waals surface area (Å²) in [4.78, 5) is 0. The first-order chi connectivity index (χ1) is 7.63. The minimum absolute atomic E-state index is 0.263. The molecule has 0 amide bonds. The first kappa shape index (κ1) is 13.0. The Morgan fingerprint density at radius 1 is 1.31 bits per heavy atom. The summed E-state index contributed by atoms with van der Waals surface area (Å²) in [5.74, 6) is 0.941. The largest absolute Gasteiger partial charge is 0.496 e. The van der Waals surface area contributed by atoms with Crippen LogP contribution in [0.2, 0.25) is 0 Å². The Kier molecular flexibility index (Phi) is 4.77. The van der Waals surface area contributed by atoms with Crippen LogP contribution >= 0.6 is 0 Å². The third kappa shape index (κ3) is 2.74. The third-order valence-corrected chi connectivity index (χ3v) is 3.03. The highest BCUT2D eigenvalue weighted by molar-refractivity contribution is 5.43. The van der Waals surface area contributed by atoms with Gasteiger partial charge in [-0.15, -0.1) is 0 Å². The summed E-state index contributed by atoms with van der Waals surface area (Å²) in [6, 6.07) is 4.54. The van der Waals surface area contributed by atoms with Gasteiger partial charge in [0, 0.05) is 11.6 Å². The molecule has 0 bridgehead atoms. The van der Waals surface area contributed by atoms with Gasteiger partial charge in [0.05, 0.1) is 7.11 Å². The Labute approximate surface area is 98.0 Å². The molecule has 0 saturated carbocycles. The number of methoxy groups -OCH3 is 1. The van der Waals surface area contributed by atoms with Gasteiger partial charge in [-0.05, 0) is 51.1 Å². The average molecular weight is 222 g/mol. The van der Waals surface area contributed by atoms with Crippen molar-refractivity contribution in [2.75, 3.05) is 20.7 Å². The second-order valence-corrected chi connectivity index (χ2v) is 4.10. The molecule has 0 spiro atoms. The van der Waals surface area contributed by atoms with Gasteiger partial charge in [0.1, 0.15) is 5.75 Å². The zero-order valence-corrected chi connectivity index (χ0v) is 10.6. The Balaban J connectivity index is 3.13. The summed E-state index contributed by atoms with van der Waals surface area (Å²) in [5, 5.41) is 3.28. The highest BCUT2D eigenvalue weighted by Gasteiger charge is 2.14. The van der Waals surface area contributed by atoms with E-state index >= 15 is 0 Å². The number of nitrogens with two attached hydrogens (primary N) is 1. The van der Waals surface area contributed by atoms with Crippen LogP contribution in [0.25, 0.3) is 0 Å². The summed E-state index contributed by atoms with van der Waals surface area (Å²) in [7, 11) is 3.66. The molecule has 1 aromatic rings. The van der Waals surface area contributed by atoms with E-state index in [1.54, 1.807) is 7.11 Å². The zero-order valence-electron chi connectivity index (χ0n) is 10.6. The van der Waals surface area contributed by atoms with Crippen molar-refractivity contribution >= 4 is 0 Å². The van der Waals surface area contributed by atoms with Crippen LogP contribution in [-0.4, -0.2) is 20.7 Å². The predicted molar refractivity (Wildman–Crippen MR) is 67.9 cm³/mol. The maximum Gasteiger partial charge on any atom is 0.123 e. The summed E-state index contributed by atoms with van der Waals surface area (Å²) < 4.78 is 5.43. The van der Waals surface area contributed by atoms with Crippen molar-refractivity contribution in [3.05, 3.63) is 28.8 Å². The second kappa shape index (κ2) is 5.87. The molecular weight excluding hydrogens is 200 g/mol. The normalized spacial score (nSPS) is 12.6. The lowest BCUT2D eigenvalue weighted by Gasteiger charge is -2.20. The topological polar surface area (TPSA) is 47.3 Å². The van der Waals surface area contributed by atoms with E-state index in [0.29, 0.717) is 6.54 Å². The minimum Gasteiger partial charge on any atom is -0.496 e. The number of hydrogen-bond acceptors (Lipinski definition) is 3. The van der Waals surface area contributed by atoms with E-state index in [1.165, 1.54) is 16.7 Å². The van der Waals surface area contributed by atoms with Gasteiger partial charge in [0.15, 0.2) is 0 Å². The predicted octanol–water partition coefficient (Wildman–Crippen LogP) is 1.92. The quantitative estimate of drug-likeness (QED) is 0.800. The van der Waals surface area contributed by atoms with Crippen LogP contribution in [0.3, 0.4) is 0 Å². The van der Waals surface area contributed by atoms with E-state index in [-0.39, 0.29) is 6.04 Å². The van der Waals surface area contributed by atoms with Crippen LogP contribution < -0.4 is 15.8 Å². The van der Waals surface area contributed by atoms with Gasteiger partial charge < -0.3 is 15.8 Å². The molecule has 0 aliphatic rings. The summed E-state index contributed by atoms with van der Waals surface area (Å²) in [6.45, 7) is 4.88. The Bertz CT molecular complexity index is 350. The molecule has 90 valence electrons. The van der Waals surface area contributed by atoms with E-state index in [1.807, 2.05) is 7.05 Å². The number of nitrogens with one attached hydrogen (secondary N) is 1. The number of aryl methyl sites for hydroxylation is 2. The highest BCUT2D eigenvalue weighted by Crippen LogP contribution is 2.29. The Hall–Kier alpha value is -1.06. The molecule has 3 N–H and O–H groups in total. The van der Waals surface area contributed by atoms with E-state index < -0.39 is 0 Å². The fraction of sp³-hybridized carbons (Fsp3) is 0.538. The lowest BCUT2D eigenvalue weighted by Crippen LogP contribution is -2.20. The lowest BCUT2D eigenvalue weighted by molar-refractivity contribution is 0.399. The number of hydrogen-bond donors (Lipinski definition) is 2. The fourth-order valence-electron chi connectivity index (χ4n) is 1.88. The first-order valence-electron chi connectivity index (χ1n) is 5.66. The second-order valence-electron chi connectivity index (χ2n) is 4.10. The van der Waals surface area contributed by atoms with Crippen molar-refractivity contribution in [3.63, 3.8) is 0 Å². The maximum absolute atomic E-state index is 5.62. The standard InChI is InChI=1S/C13H22N2O/c1-9-7-11(12(15-3)5-6-14)13(16-4)8-10(9)2/h7-8,12,15H,5-6,14H2,1-4H3. The van der Waals surface area contributed by atoms with Crippen LogP contribution in [0, 0.1) is 13.8 Å². The number of benzene rings is 1. The zero-order chi connectivity index (χ0) is 12.1. The van der Waals surface area contributed by atoms with Crippen molar-refractivity contribution in [1.82, 2.24) is 5.32 Å². The van der Waals surface area contributed by atoms with E-state index in [2.05, 4.69) is 31.3 Å². The molecule has 16 heavy (non-hydrogen) atoms. The Morgan fingerprint density at radius 3 is 2.44 bits per heavy atom. The summed E-state index contributed by atoms with van der Waals surface area (Å²) >= 11 is 0. The molecule has 0 radical (unpaired) electrons. The third-order valence-electron chi connectivity index (χ3n) is 3.03. The number of ether oxygens (including phenoxy) is 1. The fourth-order valence-corrected chi connectivity index (χ4v) is 1.88. The van der Waals surface area contributed by atoms with Crippen LogP contribution in [0.1, 0.15) is 29.2 Å². The van der Waals surface area contributed by atoms with E-state index in [9.17, 15) is 0 Å². The molecule has 3 nitrogen and oxygen atoms in total. The molecule has 0 aliphatic carbocycles. The van der Waals surface area contributed by atoms with Crippen LogP contribution in [0.4, 0.5) is 0 Å². The molecule has 0 aliphatic heterocycles. The van der Waals surface area contributed by atoms with E-state index in [4.69, 9.17) is 10.5 Å². The lowest BCUT2D eigenvalue weighted by atomic mass is 9.98. The van der Waals surface area contributed by atoms with Gasteiger partial charge in [-0.2, -0.15) is 0 Å². The highest BCUT2D eigenvalue weighted by atomic mass is 16.5. The monoisotopic (exact) mass is 222 g/mol. The van der Waals surface area contributed by atoms with Crippen molar-refractivity contribution in [3.8, 4) is 5.75 Å². The van der Waals surface area contributed by atoms with Gasteiger partial charge in [0.2, 0.25) is 0 Å². The summed E-state index contributed by atoms with van der Waals surface area (Å²) in [6.07, 6.45) is 0.912. The van der Waals surface area contributed by atoms with Gasteiger partial charge in [-0.1, -0.05) is 6.07 Å². The average Bonchev–Trinajstić information content (AvgIpc) is 2.29. The first-order valence-corrected chi connectivity index (χ1v) is 5.66. The molecule has 3 heteroatoms. The maximum atomic E-state index is 5.62. The molecule has 0 heterocycles. The minimum atomic E-state index is 0.263. The molecule has 1 rings (SSSR count). The SMILES string of the molecule is CNC(CCN)c1cc(C)c(C)cc1OC. The van der Waals surface area contributed by atoms with Crippen molar-refractivity contribution in [2.24, 2.45) is 5.73 Å². The van der Waals surface area contributed by atoms with Crippen molar-refractivity contribution in [1.29, 1.82) is 0 Å². The van der Waals surface area contributed by atoms with Crippen molar-refractivity contribution in [2.45, 2.75) is 26.3 Å². The van der Waals surface area contributed by atoms with Crippen molar-refractivity contribution < 1.29 is 4.74 Å². The van der Waals surface area contributed by atoms with Gasteiger partial charge in [0.25, 0.3) is 0 Å². The van der Waals surface area contributed by atoms with Crippen LogP contribution in [-0.2, 0) is 0 Å². The van der Waals surface area contributed by atoms with Gasteiger partial charge in [-0.3, -0.25) is 0 Å². The molecule has 0 saturated heterocycles. The van der Waals surface area contributed by atoms with Gasteiger partial charge >= 0.3 is 0 Å².